The Balaban J connectivity index is 2.02. The van der Waals surface area contributed by atoms with E-state index in [0.717, 1.165) is 15.7 Å². The normalized spacial score (nSPS) is 10.1. The van der Waals surface area contributed by atoms with Gasteiger partial charge in [-0.2, -0.15) is 0 Å². The number of hydrogen-bond donors (Lipinski definition) is 1. The molecule has 0 saturated heterocycles. The number of nitro groups is 1. The summed E-state index contributed by atoms with van der Waals surface area (Å²) < 4.78 is 0.881. The van der Waals surface area contributed by atoms with Gasteiger partial charge < -0.3 is 5.32 Å². The number of halogens is 1. The first kappa shape index (κ1) is 12.5. The molecule has 1 heterocycles. The van der Waals surface area contributed by atoms with Crippen molar-refractivity contribution >= 4 is 27.3 Å². The lowest BCUT2D eigenvalue weighted by atomic mass is 10.2. The molecule has 0 saturated carbocycles. The number of hydrogen-bond acceptors (Lipinski definition) is 4. The van der Waals surface area contributed by atoms with E-state index in [0.29, 0.717) is 6.54 Å². The molecule has 0 unspecified atom stereocenters. The zero-order valence-corrected chi connectivity index (χ0v) is 10.9. The minimum Gasteiger partial charge on any atom is -0.380 e. The summed E-state index contributed by atoms with van der Waals surface area (Å²) in [5, 5.41) is 13.7. The first-order valence-electron chi connectivity index (χ1n) is 5.23. The van der Waals surface area contributed by atoms with Crippen molar-refractivity contribution in [1.82, 2.24) is 4.98 Å². The van der Waals surface area contributed by atoms with Crippen LogP contribution in [0.15, 0.2) is 47.2 Å². The Morgan fingerprint density at radius 2 is 2.00 bits per heavy atom. The average Bonchev–Trinajstić information content (AvgIpc) is 2.38. The Labute approximate surface area is 112 Å². The Bertz CT molecular complexity index is 558. The zero-order chi connectivity index (χ0) is 13.0. The Morgan fingerprint density at radius 3 is 2.61 bits per heavy atom. The minimum absolute atomic E-state index is 0.101. The fraction of sp³-hybridized carbons (Fsp3) is 0.0833. The van der Waals surface area contributed by atoms with Gasteiger partial charge in [0.1, 0.15) is 0 Å². The number of pyridine rings is 1. The maximum absolute atomic E-state index is 10.5. The Kier molecular flexibility index (Phi) is 3.88. The fourth-order valence-electron chi connectivity index (χ4n) is 1.45. The monoisotopic (exact) mass is 307 g/mol. The number of non-ortho nitro benzene ring substituents is 1. The molecule has 0 bridgehead atoms. The predicted molar refractivity (Wildman–Crippen MR) is 72.4 cm³/mol. The van der Waals surface area contributed by atoms with Gasteiger partial charge in [0.25, 0.3) is 5.69 Å². The summed E-state index contributed by atoms with van der Waals surface area (Å²) in [5.74, 6) is 0. The summed E-state index contributed by atoms with van der Waals surface area (Å²) in [5.41, 5.74) is 2.01. The molecule has 2 aromatic rings. The molecule has 1 aromatic heterocycles. The van der Waals surface area contributed by atoms with E-state index >= 15 is 0 Å². The zero-order valence-electron chi connectivity index (χ0n) is 9.34. The quantitative estimate of drug-likeness (QED) is 0.694. The summed E-state index contributed by atoms with van der Waals surface area (Å²) in [6, 6.07) is 8.33. The number of rotatable bonds is 4. The maximum Gasteiger partial charge on any atom is 0.269 e. The van der Waals surface area contributed by atoms with Gasteiger partial charge in [-0.1, -0.05) is 12.1 Å². The molecule has 6 heteroatoms. The Morgan fingerprint density at radius 1 is 1.28 bits per heavy atom. The van der Waals surface area contributed by atoms with E-state index < -0.39 is 4.92 Å². The molecule has 0 spiro atoms. The van der Waals surface area contributed by atoms with Gasteiger partial charge in [0, 0.05) is 31.1 Å². The van der Waals surface area contributed by atoms with Crippen molar-refractivity contribution in [1.29, 1.82) is 0 Å². The molecule has 18 heavy (non-hydrogen) atoms. The van der Waals surface area contributed by atoms with Crippen LogP contribution in [0, 0.1) is 10.1 Å². The van der Waals surface area contributed by atoms with Gasteiger partial charge in [-0.15, -0.1) is 0 Å². The summed E-state index contributed by atoms with van der Waals surface area (Å²) in [4.78, 5) is 14.1. The van der Waals surface area contributed by atoms with E-state index in [1.807, 2.05) is 6.07 Å². The van der Waals surface area contributed by atoms with Gasteiger partial charge in [-0.25, -0.2) is 0 Å². The molecular weight excluding hydrogens is 298 g/mol. The molecule has 92 valence electrons. The fourth-order valence-corrected chi connectivity index (χ4v) is 1.84. The lowest BCUT2D eigenvalue weighted by Crippen LogP contribution is -2.00. The van der Waals surface area contributed by atoms with Gasteiger partial charge in [0.05, 0.1) is 15.1 Å². The van der Waals surface area contributed by atoms with Crippen LogP contribution in [0.2, 0.25) is 0 Å². The molecule has 0 aliphatic carbocycles. The van der Waals surface area contributed by atoms with E-state index in [1.54, 1.807) is 24.5 Å². The topological polar surface area (TPSA) is 68.1 Å². The second kappa shape index (κ2) is 5.59. The van der Waals surface area contributed by atoms with E-state index in [1.165, 1.54) is 12.1 Å². The standard InChI is InChI=1S/C12H10BrN3O2/c13-11-8-14-6-5-12(11)15-7-9-1-3-10(4-2-9)16(17)18/h1-6,8H,7H2,(H,14,15). The molecular formula is C12H10BrN3O2. The molecule has 0 amide bonds. The van der Waals surface area contributed by atoms with Crippen molar-refractivity contribution in [2.45, 2.75) is 6.54 Å². The first-order chi connectivity index (χ1) is 8.66. The number of nitro benzene ring substituents is 1. The highest BCUT2D eigenvalue weighted by molar-refractivity contribution is 9.10. The van der Waals surface area contributed by atoms with Crippen molar-refractivity contribution in [3.05, 3.63) is 62.9 Å². The molecule has 0 fully saturated rings. The summed E-state index contributed by atoms with van der Waals surface area (Å²) in [6.45, 7) is 0.598. The highest BCUT2D eigenvalue weighted by atomic mass is 79.9. The summed E-state index contributed by atoms with van der Waals surface area (Å²) in [6.07, 6.45) is 3.40. The molecule has 1 N–H and O–H groups in total. The number of nitrogens with one attached hydrogen (secondary N) is 1. The third kappa shape index (κ3) is 3.04. The minimum atomic E-state index is -0.406. The van der Waals surface area contributed by atoms with Crippen LogP contribution in [-0.4, -0.2) is 9.91 Å². The van der Waals surface area contributed by atoms with Crippen molar-refractivity contribution in [3.63, 3.8) is 0 Å². The van der Waals surface area contributed by atoms with Crippen LogP contribution >= 0.6 is 15.9 Å². The smallest absolute Gasteiger partial charge is 0.269 e. The molecule has 0 radical (unpaired) electrons. The van der Waals surface area contributed by atoms with Gasteiger partial charge in [0.15, 0.2) is 0 Å². The van der Waals surface area contributed by atoms with E-state index in [-0.39, 0.29) is 5.69 Å². The second-order valence-corrected chi connectivity index (χ2v) is 4.49. The first-order valence-corrected chi connectivity index (χ1v) is 6.03. The molecule has 1 aromatic carbocycles. The third-order valence-corrected chi connectivity index (χ3v) is 3.03. The number of benzene rings is 1. The van der Waals surface area contributed by atoms with Gasteiger partial charge in [-0.3, -0.25) is 15.1 Å². The lowest BCUT2D eigenvalue weighted by Gasteiger charge is -2.07. The van der Waals surface area contributed by atoms with Crippen LogP contribution in [-0.2, 0) is 6.54 Å². The number of aromatic nitrogens is 1. The molecule has 0 aliphatic heterocycles. The third-order valence-electron chi connectivity index (χ3n) is 2.40. The van der Waals surface area contributed by atoms with Crippen molar-refractivity contribution in [2.75, 3.05) is 5.32 Å². The van der Waals surface area contributed by atoms with Gasteiger partial charge >= 0.3 is 0 Å². The predicted octanol–water partition coefficient (Wildman–Crippen LogP) is 3.36. The van der Waals surface area contributed by atoms with Crippen molar-refractivity contribution in [2.24, 2.45) is 0 Å². The lowest BCUT2D eigenvalue weighted by molar-refractivity contribution is -0.384. The second-order valence-electron chi connectivity index (χ2n) is 3.63. The molecule has 0 atom stereocenters. The number of anilines is 1. The van der Waals surface area contributed by atoms with Gasteiger partial charge in [0.2, 0.25) is 0 Å². The van der Waals surface area contributed by atoms with E-state index in [2.05, 4.69) is 26.2 Å². The van der Waals surface area contributed by atoms with E-state index in [9.17, 15) is 10.1 Å². The van der Waals surface area contributed by atoms with Crippen LogP contribution < -0.4 is 5.32 Å². The van der Waals surface area contributed by atoms with Crippen LogP contribution in [0.1, 0.15) is 5.56 Å². The highest BCUT2D eigenvalue weighted by Gasteiger charge is 2.04. The van der Waals surface area contributed by atoms with Crippen LogP contribution in [0.5, 0.6) is 0 Å². The molecule has 0 aliphatic rings. The van der Waals surface area contributed by atoms with Crippen molar-refractivity contribution in [3.8, 4) is 0 Å². The largest absolute Gasteiger partial charge is 0.380 e. The van der Waals surface area contributed by atoms with E-state index in [4.69, 9.17) is 0 Å². The maximum atomic E-state index is 10.5. The SMILES string of the molecule is O=[N+]([O-])c1ccc(CNc2ccncc2Br)cc1. The molecule has 5 nitrogen and oxygen atoms in total. The molecule has 2 rings (SSSR count). The summed E-state index contributed by atoms with van der Waals surface area (Å²) >= 11 is 3.39. The van der Waals surface area contributed by atoms with Crippen LogP contribution in [0.4, 0.5) is 11.4 Å². The van der Waals surface area contributed by atoms with Gasteiger partial charge in [-0.05, 0) is 27.6 Å². The summed E-state index contributed by atoms with van der Waals surface area (Å²) in [7, 11) is 0. The highest BCUT2D eigenvalue weighted by Crippen LogP contribution is 2.21. The van der Waals surface area contributed by atoms with Crippen LogP contribution in [0.3, 0.4) is 0 Å². The average molecular weight is 308 g/mol. The number of nitrogens with zero attached hydrogens (tertiary/aromatic N) is 2. The Hall–Kier alpha value is -1.95. The van der Waals surface area contributed by atoms with Crippen molar-refractivity contribution < 1.29 is 4.92 Å². The van der Waals surface area contributed by atoms with Crippen LogP contribution in [0.25, 0.3) is 0 Å².